The molecule has 0 radical (unpaired) electrons. The Morgan fingerprint density at radius 2 is 1.66 bits per heavy atom. The molecule has 4 aromatic rings. The Morgan fingerprint density at radius 3 is 2.45 bits per heavy atom. The van der Waals surface area contributed by atoms with Crippen LogP contribution in [-0.2, 0) is 18.7 Å². The van der Waals surface area contributed by atoms with Crippen LogP contribution in [0.3, 0.4) is 0 Å². The molecule has 0 atom stereocenters. The Labute approximate surface area is 176 Å². The first-order valence-electron chi connectivity index (χ1n) is 10.2. The third-order valence-corrected chi connectivity index (χ3v) is 5.98. The minimum absolute atomic E-state index is 0.698. The van der Waals surface area contributed by atoms with Gasteiger partial charge in [0.2, 0.25) is 0 Å². The van der Waals surface area contributed by atoms with E-state index in [0.29, 0.717) is 6.61 Å². The molecule has 0 N–H and O–H groups in total. The molecule has 4 heteroatoms. The SMILES string of the molecule is CCc1ccc(OCCCn2c(CSc3ccccc3)nc3ccccc32)cc1. The smallest absolute Gasteiger partial charge is 0.120 e. The first-order chi connectivity index (χ1) is 14.3. The van der Waals surface area contributed by atoms with E-state index in [1.54, 1.807) is 0 Å². The molecule has 0 aliphatic rings. The zero-order valence-electron chi connectivity index (χ0n) is 16.8. The summed E-state index contributed by atoms with van der Waals surface area (Å²) in [5.41, 5.74) is 3.60. The zero-order chi connectivity index (χ0) is 19.9. The second-order valence-corrected chi connectivity index (χ2v) is 8.02. The molecule has 148 valence electrons. The predicted octanol–water partition coefficient (Wildman–Crippen LogP) is 6.36. The molecule has 0 aliphatic heterocycles. The minimum atomic E-state index is 0.698. The topological polar surface area (TPSA) is 27.1 Å². The molecule has 0 fully saturated rings. The van der Waals surface area contributed by atoms with E-state index < -0.39 is 0 Å². The van der Waals surface area contributed by atoms with Crippen molar-refractivity contribution >= 4 is 22.8 Å². The van der Waals surface area contributed by atoms with Gasteiger partial charge in [0.25, 0.3) is 0 Å². The van der Waals surface area contributed by atoms with Gasteiger partial charge in [-0.2, -0.15) is 0 Å². The summed E-state index contributed by atoms with van der Waals surface area (Å²) in [6.07, 6.45) is 2.00. The number of fused-ring (bicyclic) bond motifs is 1. The third kappa shape index (κ3) is 5.01. The van der Waals surface area contributed by atoms with Crippen molar-refractivity contribution in [3.05, 3.63) is 90.3 Å². The number of para-hydroxylation sites is 2. The van der Waals surface area contributed by atoms with Crippen molar-refractivity contribution in [2.75, 3.05) is 6.61 Å². The second kappa shape index (κ2) is 9.66. The summed E-state index contributed by atoms with van der Waals surface area (Å²) in [7, 11) is 0. The largest absolute Gasteiger partial charge is 0.494 e. The van der Waals surface area contributed by atoms with Gasteiger partial charge in [-0.05, 0) is 54.8 Å². The zero-order valence-corrected chi connectivity index (χ0v) is 17.6. The van der Waals surface area contributed by atoms with Gasteiger partial charge in [-0.25, -0.2) is 4.98 Å². The van der Waals surface area contributed by atoms with E-state index in [1.165, 1.54) is 16.0 Å². The highest BCUT2D eigenvalue weighted by Gasteiger charge is 2.11. The van der Waals surface area contributed by atoms with E-state index in [-0.39, 0.29) is 0 Å². The Balaban J connectivity index is 1.41. The highest BCUT2D eigenvalue weighted by molar-refractivity contribution is 7.98. The molecule has 0 saturated heterocycles. The number of hydrogen-bond donors (Lipinski definition) is 0. The Hall–Kier alpha value is -2.72. The maximum absolute atomic E-state index is 5.95. The highest BCUT2D eigenvalue weighted by Crippen LogP contribution is 2.25. The van der Waals surface area contributed by atoms with Crippen LogP contribution in [0, 0.1) is 0 Å². The Bertz CT molecular complexity index is 1040. The van der Waals surface area contributed by atoms with Crippen molar-refractivity contribution < 1.29 is 4.74 Å². The van der Waals surface area contributed by atoms with Crippen molar-refractivity contribution in [2.45, 2.75) is 37.0 Å². The Morgan fingerprint density at radius 1 is 0.897 bits per heavy atom. The summed E-state index contributed by atoms with van der Waals surface area (Å²) in [5, 5.41) is 0. The lowest BCUT2D eigenvalue weighted by Gasteiger charge is -2.11. The summed E-state index contributed by atoms with van der Waals surface area (Å²) in [4.78, 5) is 6.15. The van der Waals surface area contributed by atoms with E-state index >= 15 is 0 Å². The van der Waals surface area contributed by atoms with Gasteiger partial charge in [-0.3, -0.25) is 0 Å². The van der Waals surface area contributed by atoms with Gasteiger partial charge in [-0.15, -0.1) is 11.8 Å². The van der Waals surface area contributed by atoms with Crippen LogP contribution in [0.1, 0.15) is 24.7 Å². The summed E-state index contributed by atoms with van der Waals surface area (Å²) in [6.45, 7) is 3.76. The van der Waals surface area contributed by atoms with Crippen LogP contribution in [0.4, 0.5) is 0 Å². The van der Waals surface area contributed by atoms with Crippen molar-refractivity contribution in [3.8, 4) is 5.75 Å². The molecular formula is C25H26N2OS. The molecule has 3 aromatic carbocycles. The van der Waals surface area contributed by atoms with Crippen molar-refractivity contribution in [1.82, 2.24) is 9.55 Å². The monoisotopic (exact) mass is 402 g/mol. The molecule has 0 spiro atoms. The maximum Gasteiger partial charge on any atom is 0.120 e. The number of aryl methyl sites for hydroxylation is 2. The van der Waals surface area contributed by atoms with Crippen LogP contribution in [-0.4, -0.2) is 16.2 Å². The lowest BCUT2D eigenvalue weighted by Crippen LogP contribution is -2.07. The maximum atomic E-state index is 5.95. The first-order valence-corrected chi connectivity index (χ1v) is 11.2. The van der Waals surface area contributed by atoms with E-state index in [9.17, 15) is 0 Å². The van der Waals surface area contributed by atoms with Gasteiger partial charge < -0.3 is 9.30 Å². The molecule has 4 rings (SSSR count). The number of benzene rings is 3. The van der Waals surface area contributed by atoms with Gasteiger partial charge in [0, 0.05) is 11.4 Å². The minimum Gasteiger partial charge on any atom is -0.494 e. The van der Waals surface area contributed by atoms with Gasteiger partial charge in [-0.1, -0.05) is 49.4 Å². The van der Waals surface area contributed by atoms with Crippen molar-refractivity contribution in [3.63, 3.8) is 0 Å². The standard InChI is InChI=1S/C25H26N2OS/c1-2-20-13-15-21(16-14-20)28-18-8-17-27-24-12-7-6-11-23(24)26-25(27)19-29-22-9-4-3-5-10-22/h3-7,9-16H,2,8,17-19H2,1H3. The summed E-state index contributed by atoms with van der Waals surface area (Å²) < 4.78 is 8.29. The summed E-state index contributed by atoms with van der Waals surface area (Å²) in [5.74, 6) is 2.92. The summed E-state index contributed by atoms with van der Waals surface area (Å²) >= 11 is 1.83. The number of hydrogen-bond acceptors (Lipinski definition) is 3. The Kier molecular flexibility index (Phi) is 6.52. The fourth-order valence-corrected chi connectivity index (χ4v) is 4.25. The number of aromatic nitrogens is 2. The fraction of sp³-hybridized carbons (Fsp3) is 0.240. The number of ether oxygens (including phenoxy) is 1. The third-order valence-electron chi connectivity index (χ3n) is 4.97. The molecule has 29 heavy (non-hydrogen) atoms. The number of rotatable bonds is 9. The van der Waals surface area contributed by atoms with Gasteiger partial charge in [0.05, 0.1) is 23.4 Å². The molecule has 1 heterocycles. The van der Waals surface area contributed by atoms with Crippen LogP contribution < -0.4 is 4.74 Å². The van der Waals surface area contributed by atoms with E-state index in [0.717, 1.165) is 42.2 Å². The highest BCUT2D eigenvalue weighted by atomic mass is 32.2. The molecule has 3 nitrogen and oxygen atoms in total. The lowest BCUT2D eigenvalue weighted by molar-refractivity contribution is 0.302. The number of imidazole rings is 1. The van der Waals surface area contributed by atoms with Gasteiger partial charge in [0.15, 0.2) is 0 Å². The van der Waals surface area contributed by atoms with E-state index in [1.807, 2.05) is 11.8 Å². The normalized spacial score (nSPS) is 11.1. The van der Waals surface area contributed by atoms with Crippen LogP contribution >= 0.6 is 11.8 Å². The lowest BCUT2D eigenvalue weighted by atomic mass is 10.2. The van der Waals surface area contributed by atoms with Crippen LogP contribution in [0.15, 0.2) is 83.8 Å². The second-order valence-electron chi connectivity index (χ2n) is 6.97. The molecule has 0 unspecified atom stereocenters. The first kappa shape index (κ1) is 19.6. The number of thioether (sulfide) groups is 1. The molecule has 0 amide bonds. The number of nitrogens with zero attached hydrogens (tertiary/aromatic N) is 2. The molecule has 0 bridgehead atoms. The molecule has 0 aliphatic carbocycles. The molecule has 0 saturated carbocycles. The van der Waals surface area contributed by atoms with E-state index in [4.69, 9.17) is 9.72 Å². The van der Waals surface area contributed by atoms with Crippen molar-refractivity contribution in [2.24, 2.45) is 0 Å². The molecular weight excluding hydrogens is 376 g/mol. The van der Waals surface area contributed by atoms with Crippen molar-refractivity contribution in [1.29, 1.82) is 0 Å². The van der Waals surface area contributed by atoms with Gasteiger partial charge in [0.1, 0.15) is 11.6 Å². The molecule has 1 aromatic heterocycles. The average molecular weight is 403 g/mol. The van der Waals surface area contributed by atoms with E-state index in [2.05, 4.69) is 90.4 Å². The van der Waals surface area contributed by atoms with Gasteiger partial charge >= 0.3 is 0 Å². The predicted molar refractivity (Wildman–Crippen MR) is 122 cm³/mol. The quantitative estimate of drug-likeness (QED) is 0.241. The van der Waals surface area contributed by atoms with Crippen LogP contribution in [0.2, 0.25) is 0 Å². The van der Waals surface area contributed by atoms with Crippen LogP contribution in [0.5, 0.6) is 5.75 Å². The summed E-state index contributed by atoms with van der Waals surface area (Å²) in [6, 6.07) is 27.3. The fourth-order valence-electron chi connectivity index (χ4n) is 3.38. The average Bonchev–Trinajstić information content (AvgIpc) is 3.14. The van der Waals surface area contributed by atoms with Crippen LogP contribution in [0.25, 0.3) is 11.0 Å².